The molecule has 0 bridgehead atoms. The average molecular weight is 239 g/mol. The molecule has 2 rings (SSSR count). The van der Waals surface area contributed by atoms with Crippen LogP contribution in [0.3, 0.4) is 0 Å². The highest BCUT2D eigenvalue weighted by molar-refractivity contribution is 5.67. The third kappa shape index (κ3) is 3.04. The lowest BCUT2D eigenvalue weighted by molar-refractivity contribution is -0.140. The number of hydrogen-bond donors (Lipinski definition) is 2. The molecule has 2 N–H and O–H groups in total. The second kappa shape index (κ2) is 4.96. The van der Waals surface area contributed by atoms with Gasteiger partial charge in [0.2, 0.25) is 0 Å². The quantitative estimate of drug-likeness (QED) is 0.734. The van der Waals surface area contributed by atoms with Gasteiger partial charge in [0, 0.05) is 19.2 Å². The third-order valence-electron chi connectivity index (χ3n) is 2.53. The van der Waals surface area contributed by atoms with E-state index in [1.807, 2.05) is 4.90 Å². The largest absolute Gasteiger partial charge is 0.481 e. The molecule has 1 unspecified atom stereocenters. The zero-order valence-electron chi connectivity index (χ0n) is 9.13. The molecule has 0 saturated carbocycles. The van der Waals surface area contributed by atoms with Gasteiger partial charge in [-0.05, 0) is 0 Å². The van der Waals surface area contributed by atoms with Crippen molar-refractivity contribution in [1.82, 2.24) is 9.97 Å². The molecule has 1 aliphatic heterocycles. The Morgan fingerprint density at radius 3 is 3.24 bits per heavy atom. The number of aromatic amines is 1. The maximum atomic E-state index is 11.1. The van der Waals surface area contributed by atoms with Gasteiger partial charge in [0.1, 0.15) is 5.82 Å². The van der Waals surface area contributed by atoms with E-state index in [0.717, 1.165) is 0 Å². The Morgan fingerprint density at radius 1 is 1.71 bits per heavy atom. The zero-order chi connectivity index (χ0) is 12.3. The molecule has 1 atom stereocenters. The van der Waals surface area contributed by atoms with Crippen LogP contribution in [0.2, 0.25) is 0 Å². The summed E-state index contributed by atoms with van der Waals surface area (Å²) in [6, 6.07) is 1.39. The molecule has 2 heterocycles. The predicted molar refractivity (Wildman–Crippen MR) is 59.1 cm³/mol. The first-order chi connectivity index (χ1) is 8.15. The number of rotatable bonds is 3. The van der Waals surface area contributed by atoms with E-state index in [0.29, 0.717) is 25.5 Å². The standard InChI is InChI=1S/C10H13N3O4/c14-9-4-8(11-6-12-9)13-1-2-17-7(5-13)3-10(15)16/h4,6-7H,1-3,5H2,(H,15,16)(H,11,12,14). The van der Waals surface area contributed by atoms with Crippen molar-refractivity contribution < 1.29 is 14.6 Å². The molecule has 0 radical (unpaired) electrons. The van der Waals surface area contributed by atoms with Crippen LogP contribution >= 0.6 is 0 Å². The van der Waals surface area contributed by atoms with Gasteiger partial charge in [0.05, 0.1) is 25.5 Å². The summed E-state index contributed by atoms with van der Waals surface area (Å²) >= 11 is 0. The van der Waals surface area contributed by atoms with Crippen molar-refractivity contribution in [2.24, 2.45) is 0 Å². The SMILES string of the molecule is O=C(O)CC1CN(c2cc(=O)[nH]cn2)CCO1. The minimum atomic E-state index is -0.893. The summed E-state index contributed by atoms with van der Waals surface area (Å²) in [5.41, 5.74) is -0.226. The smallest absolute Gasteiger partial charge is 0.306 e. The molecule has 0 amide bonds. The van der Waals surface area contributed by atoms with Crippen molar-refractivity contribution in [2.75, 3.05) is 24.6 Å². The fourth-order valence-corrected chi connectivity index (χ4v) is 1.78. The number of anilines is 1. The molecule has 0 aromatic carbocycles. The highest BCUT2D eigenvalue weighted by Crippen LogP contribution is 2.14. The Balaban J connectivity index is 2.06. The Labute approximate surface area is 97.0 Å². The molecule has 1 aliphatic rings. The summed E-state index contributed by atoms with van der Waals surface area (Å²) in [5, 5.41) is 8.70. The molecule has 17 heavy (non-hydrogen) atoms. The van der Waals surface area contributed by atoms with Gasteiger partial charge in [0.15, 0.2) is 0 Å². The second-order valence-electron chi connectivity index (χ2n) is 3.81. The number of aliphatic carboxylic acids is 1. The van der Waals surface area contributed by atoms with Crippen molar-refractivity contribution >= 4 is 11.8 Å². The Hall–Kier alpha value is -1.89. The van der Waals surface area contributed by atoms with Gasteiger partial charge in [0.25, 0.3) is 5.56 Å². The Kier molecular flexibility index (Phi) is 3.38. The van der Waals surface area contributed by atoms with Crippen LogP contribution in [-0.4, -0.2) is 46.8 Å². The summed E-state index contributed by atoms with van der Waals surface area (Å²) < 4.78 is 5.33. The maximum Gasteiger partial charge on any atom is 0.306 e. The fourth-order valence-electron chi connectivity index (χ4n) is 1.78. The second-order valence-corrected chi connectivity index (χ2v) is 3.81. The molecule has 1 fully saturated rings. The zero-order valence-corrected chi connectivity index (χ0v) is 9.13. The fraction of sp³-hybridized carbons (Fsp3) is 0.500. The van der Waals surface area contributed by atoms with E-state index in [2.05, 4.69) is 9.97 Å². The topological polar surface area (TPSA) is 95.5 Å². The lowest BCUT2D eigenvalue weighted by atomic mass is 10.2. The molecule has 1 aromatic heterocycles. The van der Waals surface area contributed by atoms with Crippen molar-refractivity contribution in [2.45, 2.75) is 12.5 Å². The number of nitrogens with zero attached hydrogens (tertiary/aromatic N) is 2. The van der Waals surface area contributed by atoms with Crippen LogP contribution in [0.4, 0.5) is 5.82 Å². The predicted octanol–water partition coefficient (Wildman–Crippen LogP) is -0.550. The van der Waals surface area contributed by atoms with E-state index in [4.69, 9.17) is 9.84 Å². The first-order valence-corrected chi connectivity index (χ1v) is 5.28. The molecule has 1 aromatic rings. The number of H-pyrrole nitrogens is 1. The normalized spacial score (nSPS) is 20.2. The lowest BCUT2D eigenvalue weighted by Crippen LogP contribution is -2.44. The van der Waals surface area contributed by atoms with E-state index in [1.54, 1.807) is 0 Å². The van der Waals surface area contributed by atoms with Gasteiger partial charge < -0.3 is 19.7 Å². The highest BCUT2D eigenvalue weighted by atomic mass is 16.5. The first-order valence-electron chi connectivity index (χ1n) is 5.28. The monoisotopic (exact) mass is 239 g/mol. The Bertz CT molecular complexity index is 459. The van der Waals surface area contributed by atoms with Gasteiger partial charge >= 0.3 is 5.97 Å². The Morgan fingerprint density at radius 2 is 2.53 bits per heavy atom. The minimum Gasteiger partial charge on any atom is -0.481 e. The molecule has 7 nitrogen and oxygen atoms in total. The third-order valence-corrected chi connectivity index (χ3v) is 2.53. The van der Waals surface area contributed by atoms with Crippen LogP contribution in [0, 0.1) is 0 Å². The molecule has 0 aliphatic carbocycles. The number of morpholine rings is 1. The van der Waals surface area contributed by atoms with Crippen LogP contribution in [0.5, 0.6) is 0 Å². The van der Waals surface area contributed by atoms with Crippen LogP contribution in [0.1, 0.15) is 6.42 Å². The van der Waals surface area contributed by atoms with E-state index in [1.165, 1.54) is 12.4 Å². The van der Waals surface area contributed by atoms with Gasteiger partial charge in [-0.3, -0.25) is 9.59 Å². The molecular formula is C10H13N3O4. The molecule has 0 spiro atoms. The molecule has 92 valence electrons. The molecule has 1 saturated heterocycles. The van der Waals surface area contributed by atoms with Crippen LogP contribution in [0.15, 0.2) is 17.2 Å². The summed E-state index contributed by atoms with van der Waals surface area (Å²) in [4.78, 5) is 30.1. The van der Waals surface area contributed by atoms with E-state index >= 15 is 0 Å². The van der Waals surface area contributed by atoms with E-state index in [-0.39, 0.29) is 18.1 Å². The summed E-state index contributed by atoms with van der Waals surface area (Å²) in [5.74, 6) is -0.344. The number of carbonyl (C=O) groups is 1. The first kappa shape index (κ1) is 11.6. The number of aromatic nitrogens is 2. The van der Waals surface area contributed by atoms with Gasteiger partial charge in [-0.25, -0.2) is 4.98 Å². The average Bonchev–Trinajstić information content (AvgIpc) is 2.28. The maximum absolute atomic E-state index is 11.1. The van der Waals surface area contributed by atoms with Crippen molar-refractivity contribution in [3.63, 3.8) is 0 Å². The minimum absolute atomic E-state index is 0.0420. The van der Waals surface area contributed by atoms with E-state index in [9.17, 15) is 9.59 Å². The summed E-state index contributed by atoms with van der Waals surface area (Å²) in [6.45, 7) is 1.47. The van der Waals surface area contributed by atoms with Gasteiger partial charge in [-0.2, -0.15) is 0 Å². The van der Waals surface area contributed by atoms with Crippen molar-refractivity contribution in [3.05, 3.63) is 22.7 Å². The summed E-state index contributed by atoms with van der Waals surface area (Å²) in [6.07, 6.45) is 0.932. The number of nitrogens with one attached hydrogen (secondary N) is 1. The number of carboxylic acids is 1. The van der Waals surface area contributed by atoms with Crippen molar-refractivity contribution in [1.29, 1.82) is 0 Å². The van der Waals surface area contributed by atoms with Gasteiger partial charge in [-0.1, -0.05) is 0 Å². The van der Waals surface area contributed by atoms with Crippen molar-refractivity contribution in [3.8, 4) is 0 Å². The van der Waals surface area contributed by atoms with Gasteiger partial charge in [-0.15, -0.1) is 0 Å². The van der Waals surface area contributed by atoms with Crippen LogP contribution < -0.4 is 10.5 Å². The van der Waals surface area contributed by atoms with E-state index < -0.39 is 5.97 Å². The number of hydrogen-bond acceptors (Lipinski definition) is 5. The number of carboxylic acid groups (broad SMARTS) is 1. The number of ether oxygens (including phenoxy) is 1. The molecule has 7 heteroatoms. The lowest BCUT2D eigenvalue weighted by Gasteiger charge is -2.32. The summed E-state index contributed by atoms with van der Waals surface area (Å²) in [7, 11) is 0. The van der Waals surface area contributed by atoms with Crippen LogP contribution in [0.25, 0.3) is 0 Å². The highest BCUT2D eigenvalue weighted by Gasteiger charge is 2.23. The van der Waals surface area contributed by atoms with Crippen LogP contribution in [-0.2, 0) is 9.53 Å². The molecular weight excluding hydrogens is 226 g/mol.